The standard InChI is InChI=1S/C22H25N5O/c1-15-5-4-6-19(9-15)25-21(28)20-10-17(14-27(20)13-16-7-8-16)18-11-23-22(24-12-18)26(2)3/h4-6,9-12,14,16H,7-8,13H2,1-3H3,(H,25,28). The first-order chi connectivity index (χ1) is 13.5. The lowest BCUT2D eigenvalue weighted by atomic mass is 10.2. The molecule has 4 rings (SSSR count). The Hall–Kier alpha value is -3.15. The number of hydrogen-bond donors (Lipinski definition) is 1. The van der Waals surface area contributed by atoms with Crippen molar-refractivity contribution in [3.63, 3.8) is 0 Å². The van der Waals surface area contributed by atoms with Gasteiger partial charge in [-0.1, -0.05) is 12.1 Å². The summed E-state index contributed by atoms with van der Waals surface area (Å²) in [4.78, 5) is 23.6. The van der Waals surface area contributed by atoms with Crippen LogP contribution < -0.4 is 10.2 Å². The molecule has 0 radical (unpaired) electrons. The summed E-state index contributed by atoms with van der Waals surface area (Å²) >= 11 is 0. The molecule has 6 nitrogen and oxygen atoms in total. The van der Waals surface area contributed by atoms with Gasteiger partial charge < -0.3 is 14.8 Å². The van der Waals surface area contributed by atoms with Crippen molar-refractivity contribution >= 4 is 17.5 Å². The van der Waals surface area contributed by atoms with Crippen LogP contribution in [0.2, 0.25) is 0 Å². The molecule has 144 valence electrons. The summed E-state index contributed by atoms with van der Waals surface area (Å²) in [5.74, 6) is 1.24. The molecule has 6 heteroatoms. The molecule has 3 aromatic rings. The molecule has 2 heterocycles. The van der Waals surface area contributed by atoms with Crippen LogP contribution in [0.15, 0.2) is 48.9 Å². The molecule has 1 saturated carbocycles. The number of carbonyl (C=O) groups is 1. The van der Waals surface area contributed by atoms with Crippen molar-refractivity contribution in [2.45, 2.75) is 26.3 Å². The highest BCUT2D eigenvalue weighted by Gasteiger charge is 2.24. The molecule has 1 amide bonds. The quantitative estimate of drug-likeness (QED) is 0.708. The van der Waals surface area contributed by atoms with Gasteiger partial charge in [0.1, 0.15) is 5.69 Å². The fourth-order valence-electron chi connectivity index (χ4n) is 3.21. The Labute approximate surface area is 165 Å². The summed E-state index contributed by atoms with van der Waals surface area (Å²) in [7, 11) is 3.82. The van der Waals surface area contributed by atoms with Crippen LogP contribution in [0.5, 0.6) is 0 Å². The number of amides is 1. The van der Waals surface area contributed by atoms with Crippen molar-refractivity contribution in [3.8, 4) is 11.1 Å². The molecule has 1 aromatic carbocycles. The molecular weight excluding hydrogens is 350 g/mol. The van der Waals surface area contributed by atoms with Gasteiger partial charge in [0.05, 0.1) is 0 Å². The molecule has 2 aromatic heterocycles. The van der Waals surface area contributed by atoms with E-state index in [2.05, 4.69) is 19.9 Å². The van der Waals surface area contributed by atoms with E-state index in [-0.39, 0.29) is 5.91 Å². The highest BCUT2D eigenvalue weighted by molar-refractivity contribution is 6.04. The Kier molecular flexibility index (Phi) is 4.86. The van der Waals surface area contributed by atoms with Crippen LogP contribution >= 0.6 is 0 Å². The molecule has 1 aliphatic rings. The van der Waals surface area contributed by atoms with Crippen LogP contribution in [0.4, 0.5) is 11.6 Å². The van der Waals surface area contributed by atoms with Gasteiger partial charge in [0.15, 0.2) is 0 Å². The first-order valence-corrected chi connectivity index (χ1v) is 9.57. The first kappa shape index (κ1) is 18.2. The van der Waals surface area contributed by atoms with Crippen molar-refractivity contribution in [1.82, 2.24) is 14.5 Å². The van der Waals surface area contributed by atoms with Crippen molar-refractivity contribution in [2.24, 2.45) is 5.92 Å². The largest absolute Gasteiger partial charge is 0.347 e. The van der Waals surface area contributed by atoms with Crippen LogP contribution in [0.25, 0.3) is 11.1 Å². The molecule has 0 bridgehead atoms. The average molecular weight is 375 g/mol. The number of nitrogens with zero attached hydrogens (tertiary/aromatic N) is 4. The maximum atomic E-state index is 13.0. The smallest absolute Gasteiger partial charge is 0.272 e. The lowest BCUT2D eigenvalue weighted by molar-refractivity contribution is 0.101. The van der Waals surface area contributed by atoms with E-state index in [1.54, 1.807) is 12.4 Å². The number of aryl methyl sites for hydroxylation is 1. The average Bonchev–Trinajstić information content (AvgIpc) is 3.38. The van der Waals surface area contributed by atoms with Crippen LogP contribution in [-0.4, -0.2) is 34.5 Å². The minimum Gasteiger partial charge on any atom is -0.347 e. The maximum Gasteiger partial charge on any atom is 0.272 e. The van der Waals surface area contributed by atoms with Crippen LogP contribution in [0.3, 0.4) is 0 Å². The summed E-state index contributed by atoms with van der Waals surface area (Å²) in [5.41, 5.74) is 4.46. The van der Waals surface area contributed by atoms with Gasteiger partial charge in [0, 0.05) is 56.0 Å². The predicted octanol–water partition coefficient (Wildman–Crippen LogP) is 3.98. The molecule has 1 aliphatic carbocycles. The maximum absolute atomic E-state index is 13.0. The van der Waals surface area contributed by atoms with E-state index < -0.39 is 0 Å². The number of rotatable bonds is 6. The minimum absolute atomic E-state index is 0.0941. The highest BCUT2D eigenvalue weighted by atomic mass is 16.1. The van der Waals surface area contributed by atoms with Gasteiger partial charge >= 0.3 is 0 Å². The van der Waals surface area contributed by atoms with E-state index in [0.29, 0.717) is 17.6 Å². The lowest BCUT2D eigenvalue weighted by Crippen LogP contribution is -2.17. The third kappa shape index (κ3) is 4.06. The third-order valence-electron chi connectivity index (χ3n) is 4.93. The number of benzene rings is 1. The van der Waals surface area contributed by atoms with Gasteiger partial charge in [-0.05, 0) is 49.4 Å². The first-order valence-electron chi connectivity index (χ1n) is 9.57. The normalized spacial score (nSPS) is 13.4. The molecule has 0 saturated heterocycles. The van der Waals surface area contributed by atoms with Crippen molar-refractivity contribution in [3.05, 3.63) is 60.2 Å². The van der Waals surface area contributed by atoms with Gasteiger partial charge in [-0.2, -0.15) is 0 Å². The second kappa shape index (κ2) is 7.46. The number of aromatic nitrogens is 3. The van der Waals surface area contributed by atoms with Crippen molar-refractivity contribution < 1.29 is 4.79 Å². The molecule has 0 unspecified atom stereocenters. The zero-order valence-electron chi connectivity index (χ0n) is 16.5. The van der Waals surface area contributed by atoms with Crippen molar-refractivity contribution in [1.29, 1.82) is 0 Å². The number of hydrogen-bond acceptors (Lipinski definition) is 4. The van der Waals surface area contributed by atoms with Gasteiger partial charge in [-0.3, -0.25) is 4.79 Å². The van der Waals surface area contributed by atoms with Crippen LogP contribution in [-0.2, 0) is 6.54 Å². The molecule has 0 spiro atoms. The number of carbonyl (C=O) groups excluding carboxylic acids is 1. The van der Waals surface area contributed by atoms with Gasteiger partial charge in [0.25, 0.3) is 5.91 Å². The Balaban J connectivity index is 1.62. The zero-order valence-corrected chi connectivity index (χ0v) is 16.5. The molecule has 28 heavy (non-hydrogen) atoms. The molecule has 0 atom stereocenters. The lowest BCUT2D eigenvalue weighted by Gasteiger charge is -2.09. The molecular formula is C22H25N5O. The zero-order chi connectivity index (χ0) is 19.7. The van der Waals surface area contributed by atoms with Crippen molar-refractivity contribution in [2.75, 3.05) is 24.3 Å². The number of anilines is 2. The summed E-state index contributed by atoms with van der Waals surface area (Å²) < 4.78 is 2.07. The highest BCUT2D eigenvalue weighted by Crippen LogP contribution is 2.32. The summed E-state index contributed by atoms with van der Waals surface area (Å²) in [6, 6.07) is 9.78. The van der Waals surface area contributed by atoms with E-state index in [4.69, 9.17) is 0 Å². The third-order valence-corrected chi connectivity index (χ3v) is 4.93. The Morgan fingerprint density at radius 2 is 1.93 bits per heavy atom. The van der Waals surface area contributed by atoms with E-state index in [9.17, 15) is 4.79 Å². The van der Waals surface area contributed by atoms with Gasteiger partial charge in [-0.25, -0.2) is 9.97 Å². The Bertz CT molecular complexity index is 986. The predicted molar refractivity (Wildman–Crippen MR) is 112 cm³/mol. The van der Waals surface area contributed by atoms with E-state index >= 15 is 0 Å². The topological polar surface area (TPSA) is 63.1 Å². The summed E-state index contributed by atoms with van der Waals surface area (Å²) in [6.45, 7) is 2.88. The monoisotopic (exact) mass is 375 g/mol. The van der Waals surface area contributed by atoms with Crippen LogP contribution in [0, 0.1) is 12.8 Å². The van der Waals surface area contributed by atoms with E-state index in [0.717, 1.165) is 28.9 Å². The Morgan fingerprint density at radius 3 is 2.57 bits per heavy atom. The van der Waals surface area contributed by atoms with E-state index in [1.165, 1.54) is 12.8 Å². The van der Waals surface area contributed by atoms with Gasteiger partial charge in [-0.15, -0.1) is 0 Å². The molecule has 1 fully saturated rings. The Morgan fingerprint density at radius 1 is 1.18 bits per heavy atom. The SMILES string of the molecule is Cc1cccc(NC(=O)c2cc(-c3cnc(N(C)C)nc3)cn2CC2CC2)c1. The second-order valence-corrected chi connectivity index (χ2v) is 7.70. The van der Waals surface area contributed by atoms with E-state index in [1.807, 2.05) is 62.4 Å². The fourth-order valence-corrected chi connectivity index (χ4v) is 3.21. The molecule has 1 N–H and O–H groups in total. The van der Waals surface area contributed by atoms with Gasteiger partial charge in [0.2, 0.25) is 5.95 Å². The minimum atomic E-state index is -0.0941. The van der Waals surface area contributed by atoms with Crippen LogP contribution in [0.1, 0.15) is 28.9 Å². The molecule has 0 aliphatic heterocycles. The second-order valence-electron chi connectivity index (χ2n) is 7.70. The summed E-state index contributed by atoms with van der Waals surface area (Å²) in [5, 5.41) is 3.02. The summed E-state index contributed by atoms with van der Waals surface area (Å²) in [6.07, 6.45) is 8.11. The fraction of sp³-hybridized carbons (Fsp3) is 0.318. The number of nitrogens with one attached hydrogen (secondary N) is 1.